The maximum atomic E-state index is 6.10. The van der Waals surface area contributed by atoms with Gasteiger partial charge in [0.1, 0.15) is 0 Å². The van der Waals surface area contributed by atoms with E-state index in [1.807, 2.05) is 13.8 Å². The predicted octanol–water partition coefficient (Wildman–Crippen LogP) is 1.69. The molecule has 0 aliphatic carbocycles. The SMILES string of the molecule is CCC(C)(N)c1nc(C2CC3CCC2O3)no1. The lowest BCUT2D eigenvalue weighted by atomic mass is 9.89. The smallest absolute Gasteiger partial charge is 0.246 e. The van der Waals surface area contributed by atoms with Gasteiger partial charge in [0.25, 0.3) is 0 Å². The Morgan fingerprint density at radius 2 is 2.29 bits per heavy atom. The van der Waals surface area contributed by atoms with E-state index in [0.717, 1.165) is 25.1 Å². The Balaban J connectivity index is 1.81. The highest BCUT2D eigenvalue weighted by Gasteiger charge is 2.44. The van der Waals surface area contributed by atoms with Gasteiger partial charge in [-0.25, -0.2) is 0 Å². The van der Waals surface area contributed by atoms with Crippen molar-refractivity contribution in [1.29, 1.82) is 0 Å². The third-order valence-corrected chi connectivity index (χ3v) is 4.10. The fraction of sp³-hybridized carbons (Fsp3) is 0.833. The van der Waals surface area contributed by atoms with Gasteiger partial charge in [0, 0.05) is 0 Å². The van der Waals surface area contributed by atoms with Crippen LogP contribution in [0.15, 0.2) is 4.52 Å². The Morgan fingerprint density at radius 3 is 2.88 bits per heavy atom. The summed E-state index contributed by atoms with van der Waals surface area (Å²) in [6, 6.07) is 0. The molecule has 2 fully saturated rings. The van der Waals surface area contributed by atoms with Gasteiger partial charge >= 0.3 is 0 Å². The average molecular weight is 237 g/mol. The van der Waals surface area contributed by atoms with E-state index in [0.29, 0.717) is 17.9 Å². The molecule has 0 aromatic carbocycles. The molecule has 17 heavy (non-hydrogen) atoms. The lowest BCUT2D eigenvalue weighted by Gasteiger charge is -2.17. The van der Waals surface area contributed by atoms with Gasteiger partial charge in [0.2, 0.25) is 5.89 Å². The molecule has 2 bridgehead atoms. The molecule has 0 amide bonds. The first-order valence-corrected chi connectivity index (χ1v) is 6.38. The first kappa shape index (κ1) is 11.2. The monoisotopic (exact) mass is 237 g/mol. The van der Waals surface area contributed by atoms with E-state index in [9.17, 15) is 0 Å². The zero-order valence-corrected chi connectivity index (χ0v) is 10.3. The molecule has 2 aliphatic rings. The van der Waals surface area contributed by atoms with Crippen molar-refractivity contribution in [1.82, 2.24) is 10.1 Å². The third kappa shape index (κ3) is 1.77. The first-order chi connectivity index (χ1) is 8.10. The molecular formula is C12H19N3O2. The van der Waals surface area contributed by atoms with Crippen molar-refractivity contribution in [3.8, 4) is 0 Å². The molecule has 5 nitrogen and oxygen atoms in total. The minimum atomic E-state index is -0.524. The van der Waals surface area contributed by atoms with Gasteiger partial charge in [0.05, 0.1) is 23.7 Å². The Kier molecular flexibility index (Phi) is 2.48. The second-order valence-electron chi connectivity index (χ2n) is 5.44. The summed E-state index contributed by atoms with van der Waals surface area (Å²) in [5.74, 6) is 1.62. The minimum absolute atomic E-state index is 0.288. The highest BCUT2D eigenvalue weighted by atomic mass is 16.5. The zero-order valence-electron chi connectivity index (χ0n) is 10.3. The van der Waals surface area contributed by atoms with Gasteiger partial charge in [0.15, 0.2) is 5.82 Å². The van der Waals surface area contributed by atoms with Gasteiger partial charge in [-0.2, -0.15) is 4.98 Å². The van der Waals surface area contributed by atoms with E-state index in [1.54, 1.807) is 0 Å². The van der Waals surface area contributed by atoms with Crippen molar-refractivity contribution in [2.45, 2.75) is 63.2 Å². The molecule has 0 radical (unpaired) electrons. The molecule has 4 unspecified atom stereocenters. The van der Waals surface area contributed by atoms with Crippen LogP contribution in [0.5, 0.6) is 0 Å². The van der Waals surface area contributed by atoms with E-state index >= 15 is 0 Å². The van der Waals surface area contributed by atoms with Crippen molar-refractivity contribution >= 4 is 0 Å². The van der Waals surface area contributed by atoms with Crippen LogP contribution >= 0.6 is 0 Å². The van der Waals surface area contributed by atoms with Gasteiger partial charge in [-0.1, -0.05) is 12.1 Å². The van der Waals surface area contributed by atoms with Crippen LogP contribution in [-0.4, -0.2) is 22.3 Å². The maximum Gasteiger partial charge on any atom is 0.246 e. The number of ether oxygens (including phenoxy) is 1. The number of rotatable bonds is 3. The molecule has 0 saturated carbocycles. The largest absolute Gasteiger partial charge is 0.374 e. The van der Waals surface area contributed by atoms with Crippen molar-refractivity contribution in [2.24, 2.45) is 5.73 Å². The van der Waals surface area contributed by atoms with Crippen LogP contribution in [0.25, 0.3) is 0 Å². The van der Waals surface area contributed by atoms with Crippen LogP contribution in [0.2, 0.25) is 0 Å². The maximum absolute atomic E-state index is 6.10. The van der Waals surface area contributed by atoms with Crippen LogP contribution < -0.4 is 5.73 Å². The van der Waals surface area contributed by atoms with Crippen LogP contribution in [0.1, 0.15) is 57.2 Å². The topological polar surface area (TPSA) is 74.2 Å². The first-order valence-electron chi connectivity index (χ1n) is 6.38. The van der Waals surface area contributed by atoms with E-state index in [-0.39, 0.29) is 6.10 Å². The van der Waals surface area contributed by atoms with Crippen molar-refractivity contribution in [3.05, 3.63) is 11.7 Å². The lowest BCUT2D eigenvalue weighted by molar-refractivity contribution is 0.0996. The molecule has 1 aromatic heterocycles. The minimum Gasteiger partial charge on any atom is -0.374 e. The fourth-order valence-electron chi connectivity index (χ4n) is 2.68. The zero-order chi connectivity index (χ0) is 12.0. The van der Waals surface area contributed by atoms with Crippen molar-refractivity contribution in [2.75, 3.05) is 0 Å². The number of hydrogen-bond donors (Lipinski definition) is 1. The molecule has 2 aliphatic heterocycles. The fourth-order valence-corrected chi connectivity index (χ4v) is 2.68. The number of nitrogens with two attached hydrogens (primary N) is 1. The molecule has 3 heterocycles. The van der Waals surface area contributed by atoms with E-state index < -0.39 is 5.54 Å². The molecule has 1 aromatic rings. The van der Waals surface area contributed by atoms with Crippen molar-refractivity contribution in [3.63, 3.8) is 0 Å². The normalized spacial score (nSPS) is 35.1. The summed E-state index contributed by atoms with van der Waals surface area (Å²) in [6.07, 6.45) is 4.79. The summed E-state index contributed by atoms with van der Waals surface area (Å²) >= 11 is 0. The van der Waals surface area contributed by atoms with Crippen LogP contribution in [0.4, 0.5) is 0 Å². The summed E-state index contributed by atoms with van der Waals surface area (Å²) in [6.45, 7) is 3.94. The van der Waals surface area contributed by atoms with Crippen molar-refractivity contribution < 1.29 is 9.26 Å². The molecule has 5 heteroatoms. The lowest BCUT2D eigenvalue weighted by Crippen LogP contribution is -2.32. The Bertz CT molecular complexity index is 416. The molecule has 2 saturated heterocycles. The Morgan fingerprint density at radius 1 is 1.47 bits per heavy atom. The molecule has 94 valence electrons. The van der Waals surface area contributed by atoms with Crippen LogP contribution in [0, 0.1) is 0 Å². The third-order valence-electron chi connectivity index (χ3n) is 4.10. The number of aromatic nitrogens is 2. The van der Waals surface area contributed by atoms with E-state index in [1.165, 1.54) is 6.42 Å². The van der Waals surface area contributed by atoms with Crippen LogP contribution in [-0.2, 0) is 10.3 Å². The summed E-state index contributed by atoms with van der Waals surface area (Å²) in [7, 11) is 0. The second kappa shape index (κ2) is 3.78. The van der Waals surface area contributed by atoms with E-state index in [4.69, 9.17) is 15.0 Å². The highest BCUT2D eigenvalue weighted by molar-refractivity contribution is 5.09. The summed E-state index contributed by atoms with van der Waals surface area (Å²) in [5, 5.41) is 4.09. The standard InChI is InChI=1S/C12H19N3O2/c1-3-12(2,13)11-14-10(15-17-11)8-6-7-4-5-9(8)16-7/h7-9H,3-6,13H2,1-2H3. The van der Waals surface area contributed by atoms with Gasteiger partial charge < -0.3 is 15.0 Å². The summed E-state index contributed by atoms with van der Waals surface area (Å²) < 4.78 is 11.1. The predicted molar refractivity (Wildman–Crippen MR) is 61.4 cm³/mol. The number of fused-ring (bicyclic) bond motifs is 2. The molecule has 0 spiro atoms. The number of nitrogens with zero attached hydrogens (tertiary/aromatic N) is 2. The second-order valence-corrected chi connectivity index (χ2v) is 5.44. The van der Waals surface area contributed by atoms with E-state index in [2.05, 4.69) is 10.1 Å². The molecule has 4 atom stereocenters. The van der Waals surface area contributed by atoms with Gasteiger partial charge in [-0.15, -0.1) is 0 Å². The van der Waals surface area contributed by atoms with Crippen LogP contribution in [0.3, 0.4) is 0 Å². The highest BCUT2D eigenvalue weighted by Crippen LogP contribution is 2.43. The summed E-state index contributed by atoms with van der Waals surface area (Å²) in [4.78, 5) is 4.47. The Labute approximate surface area is 101 Å². The Hall–Kier alpha value is -0.940. The van der Waals surface area contributed by atoms with Gasteiger partial charge in [-0.3, -0.25) is 0 Å². The average Bonchev–Trinajstić information content (AvgIpc) is 3.03. The summed E-state index contributed by atoms with van der Waals surface area (Å²) in [5.41, 5.74) is 5.57. The quantitative estimate of drug-likeness (QED) is 0.865. The van der Waals surface area contributed by atoms with Gasteiger partial charge in [-0.05, 0) is 32.6 Å². The molecular weight excluding hydrogens is 218 g/mol. The molecule has 3 rings (SSSR count). The molecule has 2 N–H and O–H groups in total. The number of hydrogen-bond acceptors (Lipinski definition) is 5.